The van der Waals surface area contributed by atoms with Gasteiger partial charge in [-0.05, 0) is 11.3 Å². The van der Waals surface area contributed by atoms with Gasteiger partial charge < -0.3 is 0 Å². The predicted octanol–water partition coefficient (Wildman–Crippen LogP) is 3.63. The van der Waals surface area contributed by atoms with Crippen LogP contribution in [0.15, 0.2) is 22.9 Å². The van der Waals surface area contributed by atoms with Crippen LogP contribution in [0.4, 0.5) is 17.6 Å². The van der Waals surface area contributed by atoms with Crippen LogP contribution in [0.2, 0.25) is 19.6 Å². The van der Waals surface area contributed by atoms with E-state index in [1.54, 1.807) is 19.6 Å². The highest BCUT2D eigenvalue weighted by Crippen LogP contribution is 2.35. The van der Waals surface area contributed by atoms with Crippen LogP contribution in [0.25, 0.3) is 0 Å². The Kier molecular flexibility index (Phi) is 2.90. The smallest absolute Gasteiger partial charge is 0.189 e. The second kappa shape index (κ2) is 3.53. The first-order valence-electron chi connectivity index (χ1n) is 4.31. The Hall–Kier alpha value is -0.583. The zero-order chi connectivity index (χ0) is 11.1. The van der Waals surface area contributed by atoms with Crippen LogP contribution >= 0.6 is 0 Å². The van der Waals surface area contributed by atoms with Crippen LogP contribution in [0, 0.1) is 0 Å². The van der Waals surface area contributed by atoms with Crippen molar-refractivity contribution < 1.29 is 17.6 Å². The zero-order valence-corrected chi connectivity index (χ0v) is 9.24. The second-order valence-corrected chi connectivity index (χ2v) is 9.38. The summed E-state index contributed by atoms with van der Waals surface area (Å²) in [6.07, 6.45) is -3.67. The molecule has 0 aromatic carbocycles. The van der Waals surface area contributed by atoms with Crippen LogP contribution in [0.5, 0.6) is 0 Å². The van der Waals surface area contributed by atoms with Crippen LogP contribution in [0.1, 0.15) is 0 Å². The van der Waals surface area contributed by atoms with Gasteiger partial charge in [-0.25, -0.2) is 17.6 Å². The number of allylic oxidation sites excluding steroid dienone is 4. The van der Waals surface area contributed by atoms with E-state index in [0.717, 1.165) is 6.08 Å². The number of alkyl halides is 2. The predicted molar refractivity (Wildman–Crippen MR) is 50.5 cm³/mol. The highest BCUT2D eigenvalue weighted by molar-refractivity contribution is 6.84. The Morgan fingerprint density at radius 1 is 1.14 bits per heavy atom. The third-order valence-electron chi connectivity index (χ3n) is 2.10. The van der Waals surface area contributed by atoms with E-state index in [4.69, 9.17) is 0 Å². The van der Waals surface area contributed by atoms with E-state index in [1.807, 2.05) is 0 Å². The highest BCUT2D eigenvalue weighted by atomic mass is 28.3. The Morgan fingerprint density at radius 2 is 1.64 bits per heavy atom. The van der Waals surface area contributed by atoms with Crippen molar-refractivity contribution in [2.45, 2.75) is 32.0 Å². The van der Waals surface area contributed by atoms with Crippen molar-refractivity contribution in [3.05, 3.63) is 22.9 Å². The van der Waals surface area contributed by atoms with Crippen molar-refractivity contribution in [2.24, 2.45) is 0 Å². The number of hydrogen-bond donors (Lipinski definition) is 0. The van der Waals surface area contributed by atoms with Gasteiger partial charge in [-0.2, -0.15) is 0 Å². The van der Waals surface area contributed by atoms with Gasteiger partial charge in [0.15, 0.2) is 24.0 Å². The summed E-state index contributed by atoms with van der Waals surface area (Å²) in [6, 6.07) is 0. The molecular weight excluding hydrogens is 212 g/mol. The van der Waals surface area contributed by atoms with Crippen LogP contribution in [0.3, 0.4) is 0 Å². The summed E-state index contributed by atoms with van der Waals surface area (Å²) in [5, 5.41) is 0.0244. The average molecular weight is 224 g/mol. The van der Waals surface area contributed by atoms with Gasteiger partial charge >= 0.3 is 0 Å². The maximum absolute atomic E-state index is 13.2. The van der Waals surface area contributed by atoms with Crippen molar-refractivity contribution in [2.75, 3.05) is 0 Å². The monoisotopic (exact) mass is 224 g/mol. The van der Waals surface area contributed by atoms with E-state index in [9.17, 15) is 17.6 Å². The molecule has 2 unspecified atom stereocenters. The van der Waals surface area contributed by atoms with Gasteiger partial charge in [0, 0.05) is 0 Å². The first-order chi connectivity index (χ1) is 6.25. The van der Waals surface area contributed by atoms with E-state index in [0.29, 0.717) is 0 Å². The molecule has 1 rings (SSSR count). The Morgan fingerprint density at radius 3 is 2.07 bits per heavy atom. The van der Waals surface area contributed by atoms with Crippen LogP contribution in [-0.2, 0) is 0 Å². The fourth-order valence-corrected chi connectivity index (χ4v) is 2.72. The fourth-order valence-electron chi connectivity index (χ4n) is 1.29. The lowest BCUT2D eigenvalue weighted by molar-refractivity contribution is 0.198. The molecule has 0 fully saturated rings. The maximum Gasteiger partial charge on any atom is 0.189 e. The third-order valence-corrected chi connectivity index (χ3v) is 4.10. The van der Waals surface area contributed by atoms with E-state index in [1.165, 1.54) is 0 Å². The van der Waals surface area contributed by atoms with Crippen molar-refractivity contribution >= 4 is 8.07 Å². The molecule has 0 nitrogen and oxygen atoms in total. The zero-order valence-electron chi connectivity index (χ0n) is 8.24. The summed E-state index contributed by atoms with van der Waals surface area (Å²) in [5.41, 5.74) is 0. The minimum absolute atomic E-state index is 0.0244. The Balaban J connectivity index is 3.16. The van der Waals surface area contributed by atoms with E-state index in [2.05, 4.69) is 0 Å². The van der Waals surface area contributed by atoms with Gasteiger partial charge in [-0.3, -0.25) is 0 Å². The molecule has 80 valence electrons. The molecule has 0 saturated carbocycles. The van der Waals surface area contributed by atoms with Gasteiger partial charge in [0.2, 0.25) is 0 Å². The molecule has 0 aromatic heterocycles. The highest BCUT2D eigenvalue weighted by Gasteiger charge is 2.37. The molecule has 2 atom stereocenters. The summed E-state index contributed by atoms with van der Waals surface area (Å²) in [5.74, 6) is -2.80. The fraction of sp³-hybridized carbons (Fsp3) is 0.556. The van der Waals surface area contributed by atoms with Gasteiger partial charge in [-0.1, -0.05) is 19.6 Å². The van der Waals surface area contributed by atoms with E-state index >= 15 is 0 Å². The minimum Gasteiger partial charge on any atom is -0.239 e. The second-order valence-electron chi connectivity index (χ2n) is 4.34. The molecule has 14 heavy (non-hydrogen) atoms. The Bertz CT molecular complexity index is 300. The summed E-state index contributed by atoms with van der Waals surface area (Å²) in [7, 11) is -2.15. The minimum atomic E-state index is -2.48. The molecule has 0 saturated heterocycles. The molecule has 5 heteroatoms. The van der Waals surface area contributed by atoms with Gasteiger partial charge in [0.05, 0.1) is 8.07 Å². The SMILES string of the molecule is C[Si](C)(C)C1=CC(F)C(F)C(F)=C1F. The van der Waals surface area contributed by atoms with Crippen LogP contribution in [-0.4, -0.2) is 20.4 Å². The first kappa shape index (κ1) is 11.5. The lowest BCUT2D eigenvalue weighted by Crippen LogP contribution is -2.31. The molecule has 0 N–H and O–H groups in total. The maximum atomic E-state index is 13.2. The standard InChI is InChI=1S/C9H12F4Si/c1-14(2,3)6-4-5(10)7(11)9(13)8(6)12/h4-5,7H,1-3H3. The van der Waals surface area contributed by atoms with E-state index < -0.39 is 32.1 Å². The number of rotatable bonds is 1. The number of halogens is 4. The molecule has 0 radical (unpaired) electrons. The number of hydrogen-bond acceptors (Lipinski definition) is 0. The molecule has 0 amide bonds. The molecule has 1 aliphatic rings. The summed E-state index contributed by atoms with van der Waals surface area (Å²) in [4.78, 5) is 0. The topological polar surface area (TPSA) is 0 Å². The third kappa shape index (κ3) is 1.92. The molecular formula is C9H12F4Si. The molecule has 0 aliphatic heterocycles. The lowest BCUT2D eigenvalue weighted by Gasteiger charge is -2.25. The van der Waals surface area contributed by atoms with Crippen molar-refractivity contribution in [3.63, 3.8) is 0 Å². The summed E-state index contributed by atoms with van der Waals surface area (Å²) < 4.78 is 51.7. The van der Waals surface area contributed by atoms with Crippen molar-refractivity contribution in [1.29, 1.82) is 0 Å². The van der Waals surface area contributed by atoms with E-state index in [-0.39, 0.29) is 5.20 Å². The molecule has 1 aliphatic carbocycles. The van der Waals surface area contributed by atoms with Crippen LogP contribution < -0.4 is 0 Å². The van der Waals surface area contributed by atoms with Gasteiger partial charge in [0.25, 0.3) is 0 Å². The Labute approximate surface area is 81.3 Å². The molecule has 0 aromatic rings. The van der Waals surface area contributed by atoms with Crippen molar-refractivity contribution in [1.82, 2.24) is 0 Å². The lowest BCUT2D eigenvalue weighted by atomic mass is 10.1. The first-order valence-corrected chi connectivity index (χ1v) is 7.81. The summed E-state index contributed by atoms with van der Waals surface area (Å²) >= 11 is 0. The van der Waals surface area contributed by atoms with Gasteiger partial charge in [-0.15, -0.1) is 0 Å². The normalized spacial score (nSPS) is 29.2. The molecule has 0 heterocycles. The average Bonchev–Trinajstić information content (AvgIpc) is 2.06. The molecule has 0 bridgehead atoms. The largest absolute Gasteiger partial charge is 0.239 e. The van der Waals surface area contributed by atoms with Gasteiger partial charge in [0.1, 0.15) is 0 Å². The molecule has 0 spiro atoms. The quantitative estimate of drug-likeness (QED) is 0.471. The summed E-state index contributed by atoms with van der Waals surface area (Å²) in [6.45, 7) is 5.24. The van der Waals surface area contributed by atoms with Crippen molar-refractivity contribution in [3.8, 4) is 0 Å².